The summed E-state index contributed by atoms with van der Waals surface area (Å²) in [5, 5.41) is 13.9. The highest BCUT2D eigenvalue weighted by Crippen LogP contribution is 2.40. The number of rotatable bonds is 2. The molecule has 3 unspecified atom stereocenters. The number of aliphatic hydroxyl groups is 1. The summed E-state index contributed by atoms with van der Waals surface area (Å²) in [5.41, 5.74) is 2.31. The molecule has 3 atom stereocenters. The molecule has 4 rings (SSSR count). The summed E-state index contributed by atoms with van der Waals surface area (Å²) in [7, 11) is 0. The van der Waals surface area contributed by atoms with Crippen LogP contribution < -0.4 is 5.32 Å². The molecule has 0 saturated carbocycles. The molecule has 0 radical (unpaired) electrons. The van der Waals surface area contributed by atoms with Gasteiger partial charge >= 0.3 is 0 Å². The summed E-state index contributed by atoms with van der Waals surface area (Å²) in [6, 6.07) is 8.73. The molecule has 1 aromatic carbocycles. The largest absolute Gasteiger partial charge is 0.388 e. The fourth-order valence-electron chi connectivity index (χ4n) is 3.58. The van der Waals surface area contributed by atoms with Crippen LogP contribution in [0.1, 0.15) is 54.4 Å². The maximum atomic E-state index is 10.2. The molecule has 2 N–H and O–H groups in total. The van der Waals surface area contributed by atoms with E-state index in [0.717, 1.165) is 30.8 Å². The molecule has 2 aliphatic rings. The van der Waals surface area contributed by atoms with Crippen LogP contribution in [0.5, 0.6) is 0 Å². The van der Waals surface area contributed by atoms with E-state index in [4.69, 9.17) is 0 Å². The number of hydrogen-bond donors (Lipinski definition) is 2. The molecule has 0 bridgehead atoms. The van der Waals surface area contributed by atoms with E-state index in [1.807, 2.05) is 24.4 Å². The minimum Gasteiger partial charge on any atom is -0.388 e. The zero-order valence-corrected chi connectivity index (χ0v) is 11.4. The highest BCUT2D eigenvalue weighted by molar-refractivity contribution is 5.36. The van der Waals surface area contributed by atoms with Crippen molar-refractivity contribution in [1.29, 1.82) is 0 Å². The van der Waals surface area contributed by atoms with E-state index >= 15 is 0 Å². The third-order valence-electron chi connectivity index (χ3n) is 4.54. The fourth-order valence-corrected chi connectivity index (χ4v) is 3.58. The molecule has 1 aliphatic carbocycles. The SMILES string of the molecule is OC1CC(NC2CCCn3ccnc32)c2ccccc21. The Morgan fingerprint density at radius 2 is 2.05 bits per heavy atom. The van der Waals surface area contributed by atoms with Gasteiger partial charge in [0.05, 0.1) is 12.1 Å². The topological polar surface area (TPSA) is 50.1 Å². The number of imidazole rings is 1. The second kappa shape index (κ2) is 4.72. The maximum absolute atomic E-state index is 10.2. The van der Waals surface area contributed by atoms with Crippen molar-refractivity contribution in [2.24, 2.45) is 0 Å². The smallest absolute Gasteiger partial charge is 0.125 e. The third-order valence-corrected chi connectivity index (χ3v) is 4.54. The van der Waals surface area contributed by atoms with Gasteiger partial charge in [0.15, 0.2) is 0 Å². The lowest BCUT2D eigenvalue weighted by Crippen LogP contribution is -2.30. The van der Waals surface area contributed by atoms with E-state index in [9.17, 15) is 5.11 Å². The molecule has 0 spiro atoms. The van der Waals surface area contributed by atoms with E-state index in [-0.39, 0.29) is 12.1 Å². The third kappa shape index (κ3) is 1.87. The van der Waals surface area contributed by atoms with E-state index in [1.165, 1.54) is 12.0 Å². The average molecular weight is 269 g/mol. The monoisotopic (exact) mass is 269 g/mol. The van der Waals surface area contributed by atoms with Crippen molar-refractivity contribution in [3.05, 3.63) is 53.6 Å². The lowest BCUT2D eigenvalue weighted by atomic mass is 10.0. The standard InChI is InChI=1S/C16H19N3O/c20-15-10-14(11-4-1-2-5-12(11)15)18-13-6-3-8-19-9-7-17-16(13)19/h1-2,4-5,7,9,13-15,18,20H,3,6,8,10H2. The predicted octanol–water partition coefficient (Wildman–Crippen LogP) is 2.49. The lowest BCUT2D eigenvalue weighted by molar-refractivity contribution is 0.165. The normalized spacial score (nSPS) is 28.1. The van der Waals surface area contributed by atoms with Crippen molar-refractivity contribution >= 4 is 0 Å². The number of benzene rings is 1. The fraction of sp³-hybridized carbons (Fsp3) is 0.438. The Labute approximate surface area is 118 Å². The van der Waals surface area contributed by atoms with Gasteiger partial charge in [-0.15, -0.1) is 0 Å². The van der Waals surface area contributed by atoms with Gasteiger partial charge in [-0.25, -0.2) is 4.98 Å². The van der Waals surface area contributed by atoms with Gasteiger partial charge in [-0.1, -0.05) is 24.3 Å². The van der Waals surface area contributed by atoms with Crippen LogP contribution in [0.25, 0.3) is 0 Å². The summed E-state index contributed by atoms with van der Waals surface area (Å²) in [4.78, 5) is 4.49. The van der Waals surface area contributed by atoms with E-state index in [1.54, 1.807) is 0 Å². The highest BCUT2D eigenvalue weighted by atomic mass is 16.3. The number of aryl methyl sites for hydroxylation is 1. The molecule has 1 aliphatic heterocycles. The van der Waals surface area contributed by atoms with Crippen molar-refractivity contribution in [1.82, 2.24) is 14.9 Å². The van der Waals surface area contributed by atoms with Gasteiger partial charge in [0.25, 0.3) is 0 Å². The lowest BCUT2D eigenvalue weighted by Gasteiger charge is -2.27. The highest BCUT2D eigenvalue weighted by Gasteiger charge is 2.32. The summed E-state index contributed by atoms with van der Waals surface area (Å²) in [5.74, 6) is 1.13. The molecule has 0 fully saturated rings. The zero-order valence-electron chi connectivity index (χ0n) is 11.4. The van der Waals surface area contributed by atoms with Crippen molar-refractivity contribution in [3.63, 3.8) is 0 Å². The Morgan fingerprint density at radius 1 is 1.20 bits per heavy atom. The first kappa shape index (κ1) is 12.1. The number of hydrogen-bond acceptors (Lipinski definition) is 3. The van der Waals surface area contributed by atoms with Crippen LogP contribution in [0.15, 0.2) is 36.7 Å². The number of aliphatic hydroxyl groups excluding tert-OH is 1. The van der Waals surface area contributed by atoms with Crippen molar-refractivity contribution in [2.75, 3.05) is 0 Å². The van der Waals surface area contributed by atoms with Crippen LogP contribution in [0, 0.1) is 0 Å². The summed E-state index contributed by atoms with van der Waals surface area (Å²) in [6.45, 7) is 1.07. The number of nitrogens with one attached hydrogen (secondary N) is 1. The maximum Gasteiger partial charge on any atom is 0.125 e. The van der Waals surface area contributed by atoms with E-state index in [0.29, 0.717) is 6.04 Å². The number of fused-ring (bicyclic) bond motifs is 2. The predicted molar refractivity (Wildman–Crippen MR) is 76.1 cm³/mol. The van der Waals surface area contributed by atoms with Gasteiger partial charge in [-0.05, 0) is 30.4 Å². The average Bonchev–Trinajstić information content (AvgIpc) is 3.06. The van der Waals surface area contributed by atoms with Gasteiger partial charge in [-0.2, -0.15) is 0 Å². The second-order valence-corrected chi connectivity index (χ2v) is 5.77. The van der Waals surface area contributed by atoms with Gasteiger partial charge in [0.2, 0.25) is 0 Å². The first-order chi connectivity index (χ1) is 9.83. The van der Waals surface area contributed by atoms with Gasteiger partial charge in [-0.3, -0.25) is 0 Å². The number of aromatic nitrogens is 2. The molecular weight excluding hydrogens is 250 g/mol. The minimum atomic E-state index is -0.341. The molecule has 1 aromatic heterocycles. The Balaban J connectivity index is 1.60. The molecule has 0 amide bonds. The quantitative estimate of drug-likeness (QED) is 0.880. The van der Waals surface area contributed by atoms with Crippen LogP contribution in [0.2, 0.25) is 0 Å². The Bertz CT molecular complexity index is 622. The van der Waals surface area contributed by atoms with E-state index in [2.05, 4.69) is 27.1 Å². The number of nitrogens with zero attached hydrogens (tertiary/aromatic N) is 2. The van der Waals surface area contributed by atoms with E-state index < -0.39 is 0 Å². The van der Waals surface area contributed by atoms with Gasteiger partial charge < -0.3 is 15.0 Å². The van der Waals surface area contributed by atoms with Crippen molar-refractivity contribution in [2.45, 2.75) is 44.0 Å². The van der Waals surface area contributed by atoms with Gasteiger partial charge in [0, 0.05) is 25.0 Å². The minimum absolute atomic E-state index is 0.231. The van der Waals surface area contributed by atoms with Crippen molar-refractivity contribution < 1.29 is 5.11 Å². The Morgan fingerprint density at radius 3 is 2.95 bits per heavy atom. The van der Waals surface area contributed by atoms with Gasteiger partial charge in [0.1, 0.15) is 5.82 Å². The molecule has 4 nitrogen and oxygen atoms in total. The van der Waals surface area contributed by atoms with Crippen molar-refractivity contribution in [3.8, 4) is 0 Å². The summed E-state index contributed by atoms with van der Waals surface area (Å²) in [6.07, 6.45) is 6.65. The van der Waals surface area contributed by atoms with Crippen LogP contribution in [0.4, 0.5) is 0 Å². The molecule has 2 aromatic rings. The molecular formula is C16H19N3O. The summed E-state index contributed by atoms with van der Waals surface area (Å²) >= 11 is 0. The summed E-state index contributed by atoms with van der Waals surface area (Å²) < 4.78 is 2.23. The first-order valence-electron chi connectivity index (χ1n) is 7.37. The van der Waals surface area contributed by atoms with Crippen LogP contribution in [-0.4, -0.2) is 14.7 Å². The van der Waals surface area contributed by atoms with Crippen LogP contribution in [-0.2, 0) is 6.54 Å². The molecule has 104 valence electrons. The zero-order chi connectivity index (χ0) is 13.5. The molecule has 2 heterocycles. The first-order valence-corrected chi connectivity index (χ1v) is 7.37. The van der Waals surface area contributed by atoms with Crippen LogP contribution >= 0.6 is 0 Å². The Kier molecular flexibility index (Phi) is 2.86. The molecule has 20 heavy (non-hydrogen) atoms. The molecule has 4 heteroatoms. The second-order valence-electron chi connectivity index (χ2n) is 5.77. The molecule has 0 saturated heterocycles. The Hall–Kier alpha value is -1.65. The van der Waals surface area contributed by atoms with Crippen LogP contribution in [0.3, 0.4) is 0 Å².